The number of benzene rings is 2. The van der Waals surface area contributed by atoms with Crippen LogP contribution in [0.25, 0.3) is 0 Å². The fourth-order valence-electron chi connectivity index (χ4n) is 4.03. The minimum atomic E-state index is -2.63. The van der Waals surface area contributed by atoms with Gasteiger partial charge in [-0.1, -0.05) is 17.7 Å². The zero-order valence-electron chi connectivity index (χ0n) is 13.8. The number of fused-ring (bicyclic) bond motifs is 2. The van der Waals surface area contributed by atoms with Crippen molar-refractivity contribution in [1.82, 2.24) is 0 Å². The van der Waals surface area contributed by atoms with Gasteiger partial charge in [-0.3, -0.25) is 0 Å². The highest BCUT2D eigenvalue weighted by molar-refractivity contribution is 7.10. The molecule has 0 atom stereocenters. The second-order valence-corrected chi connectivity index (χ2v) is 7.08. The van der Waals surface area contributed by atoms with Crippen molar-refractivity contribution < 1.29 is 30.7 Å². The predicted molar refractivity (Wildman–Crippen MR) is 85.0 cm³/mol. The Labute approximate surface area is 140 Å². The summed E-state index contributed by atoms with van der Waals surface area (Å²) >= 11 is 0. The second kappa shape index (κ2) is 5.29. The Morgan fingerprint density at radius 1 is 0.600 bits per heavy atom. The first-order valence-corrected chi connectivity index (χ1v) is 7.71. The molecule has 0 aromatic heterocycles. The Hall–Kier alpha value is -1.92. The zero-order valence-corrected chi connectivity index (χ0v) is 13.8. The molecule has 3 rings (SSSR count). The molecule has 0 amide bonds. The van der Waals surface area contributed by atoms with E-state index in [0.29, 0.717) is 0 Å². The van der Waals surface area contributed by atoms with Gasteiger partial charge in [-0.25, -0.2) is 30.7 Å². The van der Waals surface area contributed by atoms with Crippen molar-refractivity contribution in [2.45, 2.75) is 27.4 Å². The first kappa shape index (κ1) is 17.9. The SMILES string of the molecule is CB1c2c(F)c(C)c(F)c(F)c2[B-](C)(C)c2c(F)c(F)c(F)c(F)c21. The van der Waals surface area contributed by atoms with Gasteiger partial charge >= 0.3 is 0 Å². The van der Waals surface area contributed by atoms with E-state index in [0.717, 1.165) is 6.92 Å². The third-order valence-corrected chi connectivity index (χ3v) is 5.26. The van der Waals surface area contributed by atoms with Crippen LogP contribution in [0.4, 0.5) is 30.7 Å². The van der Waals surface area contributed by atoms with E-state index in [2.05, 4.69) is 0 Å². The summed E-state index contributed by atoms with van der Waals surface area (Å²) in [4.78, 5) is 0. The van der Waals surface area contributed by atoms with Crippen LogP contribution in [0.1, 0.15) is 5.56 Å². The van der Waals surface area contributed by atoms with E-state index in [1.807, 2.05) is 0 Å². The number of rotatable bonds is 0. The van der Waals surface area contributed by atoms with Crippen LogP contribution in [0.2, 0.25) is 20.5 Å². The van der Waals surface area contributed by atoms with E-state index in [9.17, 15) is 30.7 Å². The Morgan fingerprint density at radius 3 is 1.52 bits per heavy atom. The van der Waals surface area contributed by atoms with Gasteiger partial charge in [0.15, 0.2) is 23.3 Å². The molecular weight excluding hydrogens is 347 g/mol. The summed E-state index contributed by atoms with van der Waals surface area (Å²) in [5.74, 6) is -11.3. The van der Waals surface area contributed by atoms with Crippen LogP contribution < -0.4 is 21.9 Å². The van der Waals surface area contributed by atoms with Gasteiger partial charge < -0.3 is 0 Å². The molecule has 25 heavy (non-hydrogen) atoms. The third kappa shape index (κ3) is 2.04. The fourth-order valence-corrected chi connectivity index (χ4v) is 4.03. The molecule has 1 heterocycles. The quantitative estimate of drug-likeness (QED) is 0.293. The molecule has 0 fully saturated rings. The van der Waals surface area contributed by atoms with Crippen LogP contribution in [0.15, 0.2) is 0 Å². The van der Waals surface area contributed by atoms with Gasteiger partial charge in [0.1, 0.15) is 17.5 Å². The molecule has 0 bridgehead atoms. The summed E-state index contributed by atoms with van der Waals surface area (Å²) < 4.78 is 99.5. The van der Waals surface area contributed by atoms with Crippen LogP contribution in [0, 0.1) is 47.6 Å². The van der Waals surface area contributed by atoms with Gasteiger partial charge in [-0.15, -0.1) is 0 Å². The lowest BCUT2D eigenvalue weighted by Gasteiger charge is -2.44. The van der Waals surface area contributed by atoms with Gasteiger partial charge in [0.25, 0.3) is 0 Å². The number of halogens is 7. The molecule has 2 aromatic rings. The van der Waals surface area contributed by atoms with Crippen molar-refractivity contribution in [2.24, 2.45) is 0 Å². The van der Waals surface area contributed by atoms with E-state index >= 15 is 0 Å². The second-order valence-electron chi connectivity index (χ2n) is 7.08. The van der Waals surface area contributed by atoms with E-state index in [4.69, 9.17) is 0 Å². The Balaban J connectivity index is 2.56. The molecular formula is C16H12B2F7-. The monoisotopic (exact) mass is 359 g/mol. The molecule has 0 N–H and O–H groups in total. The third-order valence-electron chi connectivity index (χ3n) is 5.26. The number of hydrogen-bond donors (Lipinski definition) is 0. The average Bonchev–Trinajstić information content (AvgIpc) is 2.55. The predicted octanol–water partition coefficient (Wildman–Crippen LogP) is 2.34. The number of hydrogen-bond acceptors (Lipinski definition) is 0. The lowest BCUT2D eigenvalue weighted by Crippen LogP contribution is -2.76. The van der Waals surface area contributed by atoms with Gasteiger partial charge in [0, 0.05) is 5.56 Å². The summed E-state index contributed by atoms with van der Waals surface area (Å²) in [5.41, 5.74) is -2.60. The maximum absolute atomic E-state index is 14.6. The highest BCUT2D eigenvalue weighted by Gasteiger charge is 2.43. The van der Waals surface area contributed by atoms with E-state index in [-0.39, 0.29) is 5.46 Å². The van der Waals surface area contributed by atoms with Gasteiger partial charge in [-0.05, 0) is 6.92 Å². The molecule has 0 aliphatic carbocycles. The molecule has 0 radical (unpaired) electrons. The van der Waals surface area contributed by atoms with Crippen LogP contribution >= 0.6 is 0 Å². The molecule has 2 aromatic carbocycles. The summed E-state index contributed by atoms with van der Waals surface area (Å²) in [6, 6.07) is 0. The largest absolute Gasteiger partial charge is 0.207 e. The van der Waals surface area contributed by atoms with Crippen LogP contribution in [-0.4, -0.2) is 12.9 Å². The standard InChI is InChI=1S/C16H12B2F7/c1-5-10(19)6-8(13(22)11(5)20)18(3,4)9-7(17(6)2)12(21)15(24)16(25)14(9)23/h1-4H3/q-1. The molecule has 0 saturated carbocycles. The maximum atomic E-state index is 14.6. The van der Waals surface area contributed by atoms with Crippen molar-refractivity contribution >= 4 is 34.7 Å². The first-order chi connectivity index (χ1) is 11.4. The van der Waals surface area contributed by atoms with Crippen LogP contribution in [0.3, 0.4) is 0 Å². The molecule has 9 heteroatoms. The topological polar surface area (TPSA) is 0 Å². The summed E-state index contributed by atoms with van der Waals surface area (Å²) in [5, 5.41) is 0. The first-order valence-electron chi connectivity index (χ1n) is 7.71. The van der Waals surface area contributed by atoms with E-state index in [1.165, 1.54) is 20.5 Å². The zero-order chi connectivity index (χ0) is 19.0. The molecule has 0 nitrogen and oxygen atoms in total. The molecule has 0 saturated heterocycles. The Bertz CT molecular complexity index is 864. The molecule has 0 spiro atoms. The smallest absolute Gasteiger partial charge is 0.206 e. The molecule has 132 valence electrons. The highest BCUT2D eigenvalue weighted by Crippen LogP contribution is 2.22. The van der Waals surface area contributed by atoms with E-state index < -0.39 is 75.5 Å². The van der Waals surface area contributed by atoms with Gasteiger partial charge in [-0.2, -0.15) is 24.6 Å². The molecule has 1 aliphatic rings. The van der Waals surface area contributed by atoms with Crippen LogP contribution in [0.5, 0.6) is 0 Å². The summed E-state index contributed by atoms with van der Waals surface area (Å²) in [6.45, 7) is 3.38. The highest BCUT2D eigenvalue weighted by atomic mass is 19.2. The maximum Gasteiger partial charge on any atom is 0.206 e. The normalized spacial score (nSPS) is 15.2. The van der Waals surface area contributed by atoms with Crippen LogP contribution in [-0.2, 0) is 0 Å². The molecule has 0 unspecified atom stereocenters. The van der Waals surface area contributed by atoms with Crippen molar-refractivity contribution in [3.8, 4) is 0 Å². The lowest BCUT2D eigenvalue weighted by molar-refractivity contribution is 0.415. The summed E-state index contributed by atoms with van der Waals surface area (Å²) in [6.07, 6.45) is -2.63. The van der Waals surface area contributed by atoms with Crippen molar-refractivity contribution in [3.05, 3.63) is 46.3 Å². The van der Waals surface area contributed by atoms with Gasteiger partial charge in [0.05, 0.1) is 6.15 Å². The van der Waals surface area contributed by atoms with Crippen molar-refractivity contribution in [2.75, 3.05) is 0 Å². The minimum absolute atomic E-state index is 0.363. The Kier molecular flexibility index (Phi) is 3.78. The Morgan fingerprint density at radius 2 is 1.00 bits per heavy atom. The molecule has 1 aliphatic heterocycles. The van der Waals surface area contributed by atoms with E-state index in [1.54, 1.807) is 0 Å². The average molecular weight is 359 g/mol. The van der Waals surface area contributed by atoms with Crippen molar-refractivity contribution in [1.29, 1.82) is 0 Å². The van der Waals surface area contributed by atoms with Gasteiger partial charge in [0.2, 0.25) is 6.71 Å². The minimum Gasteiger partial charge on any atom is -0.207 e. The van der Waals surface area contributed by atoms with Crippen molar-refractivity contribution in [3.63, 3.8) is 0 Å². The summed E-state index contributed by atoms with van der Waals surface area (Å²) in [7, 11) is 0. The fraction of sp³-hybridized carbons (Fsp3) is 0.250. The lowest BCUT2D eigenvalue weighted by atomic mass is 9.13.